The fourth-order valence-electron chi connectivity index (χ4n) is 1.09. The van der Waals surface area contributed by atoms with E-state index in [9.17, 15) is 14.0 Å². The zero-order chi connectivity index (χ0) is 13.0. The van der Waals surface area contributed by atoms with E-state index in [0.29, 0.717) is 4.47 Å². The molecule has 2 N–H and O–H groups in total. The minimum absolute atomic E-state index is 0.0188. The van der Waals surface area contributed by atoms with Crippen LogP contribution in [-0.2, 0) is 4.79 Å². The van der Waals surface area contributed by atoms with Crippen molar-refractivity contribution >= 4 is 33.6 Å². The Morgan fingerprint density at radius 2 is 2.18 bits per heavy atom. The number of para-hydroxylation sites is 1. The molecule has 0 aliphatic carbocycles. The molecule has 0 saturated carbocycles. The van der Waals surface area contributed by atoms with Gasteiger partial charge in [-0.05, 0) is 28.1 Å². The number of hydrogen-bond donors (Lipinski definition) is 2. The third-order valence-corrected chi connectivity index (χ3v) is 2.57. The van der Waals surface area contributed by atoms with Gasteiger partial charge in [-0.3, -0.25) is 4.79 Å². The Labute approximate surface area is 105 Å². The number of aliphatic carboxylic acids is 1. The van der Waals surface area contributed by atoms with Crippen LogP contribution in [0.2, 0.25) is 0 Å². The van der Waals surface area contributed by atoms with Crippen molar-refractivity contribution in [3.8, 4) is 0 Å². The summed E-state index contributed by atoms with van der Waals surface area (Å²) in [5.41, 5.74) is -0.0188. The van der Waals surface area contributed by atoms with E-state index in [4.69, 9.17) is 5.11 Å². The Hall–Kier alpha value is -1.63. The predicted octanol–water partition coefficient (Wildman–Crippen LogP) is 2.14. The Bertz CT molecular complexity index is 433. The van der Waals surface area contributed by atoms with E-state index < -0.39 is 24.4 Å². The summed E-state index contributed by atoms with van der Waals surface area (Å²) in [5, 5.41) is 10.8. The lowest BCUT2D eigenvalue weighted by molar-refractivity contribution is -0.137. The van der Waals surface area contributed by atoms with Crippen LogP contribution >= 0.6 is 15.9 Å². The highest BCUT2D eigenvalue weighted by molar-refractivity contribution is 9.10. The largest absolute Gasteiger partial charge is 0.480 e. The summed E-state index contributed by atoms with van der Waals surface area (Å²) in [4.78, 5) is 22.8. The van der Waals surface area contributed by atoms with Crippen LogP contribution in [0.5, 0.6) is 0 Å². The maximum Gasteiger partial charge on any atom is 0.323 e. The smallest absolute Gasteiger partial charge is 0.323 e. The number of hydrogen-bond acceptors (Lipinski definition) is 2. The van der Waals surface area contributed by atoms with Gasteiger partial charge in [0.1, 0.15) is 12.4 Å². The van der Waals surface area contributed by atoms with E-state index in [2.05, 4.69) is 21.2 Å². The van der Waals surface area contributed by atoms with Gasteiger partial charge in [-0.2, -0.15) is 0 Å². The van der Waals surface area contributed by atoms with Crippen molar-refractivity contribution in [2.45, 2.75) is 0 Å². The highest BCUT2D eigenvalue weighted by Gasteiger charge is 2.15. The first kappa shape index (κ1) is 13.4. The summed E-state index contributed by atoms with van der Waals surface area (Å²) in [6.07, 6.45) is 0. The van der Waals surface area contributed by atoms with Gasteiger partial charge in [0.15, 0.2) is 0 Å². The molecule has 0 heterocycles. The molecule has 1 rings (SSSR count). The second-order valence-corrected chi connectivity index (χ2v) is 4.13. The number of amides is 2. The number of carbonyl (C=O) groups excluding carboxylic acids is 1. The van der Waals surface area contributed by atoms with Gasteiger partial charge < -0.3 is 15.3 Å². The molecule has 0 saturated heterocycles. The van der Waals surface area contributed by atoms with Crippen LogP contribution in [-0.4, -0.2) is 35.6 Å². The number of halogens is 2. The number of benzene rings is 1. The highest BCUT2D eigenvalue weighted by atomic mass is 79.9. The summed E-state index contributed by atoms with van der Waals surface area (Å²) < 4.78 is 13.7. The number of carboxylic acid groups (broad SMARTS) is 1. The number of anilines is 1. The van der Waals surface area contributed by atoms with E-state index in [0.717, 1.165) is 4.90 Å². The molecule has 5 nitrogen and oxygen atoms in total. The molecule has 0 radical (unpaired) electrons. The summed E-state index contributed by atoms with van der Waals surface area (Å²) in [6.45, 7) is -0.460. The van der Waals surface area contributed by atoms with E-state index >= 15 is 0 Å². The Balaban J connectivity index is 2.78. The molecule has 17 heavy (non-hydrogen) atoms. The monoisotopic (exact) mass is 304 g/mol. The van der Waals surface area contributed by atoms with Crippen LogP contribution in [0, 0.1) is 5.82 Å². The van der Waals surface area contributed by atoms with Crippen LogP contribution in [0.3, 0.4) is 0 Å². The quantitative estimate of drug-likeness (QED) is 0.899. The number of nitrogens with zero attached hydrogens (tertiary/aromatic N) is 1. The average Bonchev–Trinajstić information content (AvgIpc) is 2.22. The fraction of sp³-hybridized carbons (Fsp3) is 0.200. The first-order valence-electron chi connectivity index (χ1n) is 4.59. The number of carbonyl (C=O) groups is 2. The normalized spacial score (nSPS) is 9.82. The molecule has 0 bridgehead atoms. The topological polar surface area (TPSA) is 69.6 Å². The third kappa shape index (κ3) is 3.70. The van der Waals surface area contributed by atoms with Crippen LogP contribution < -0.4 is 5.32 Å². The minimum atomic E-state index is -1.14. The van der Waals surface area contributed by atoms with Gasteiger partial charge in [-0.1, -0.05) is 6.07 Å². The van der Waals surface area contributed by atoms with Crippen LogP contribution in [0.25, 0.3) is 0 Å². The van der Waals surface area contributed by atoms with Gasteiger partial charge in [0.25, 0.3) is 0 Å². The van der Waals surface area contributed by atoms with Crippen molar-refractivity contribution in [1.82, 2.24) is 4.90 Å². The summed E-state index contributed by atoms with van der Waals surface area (Å²) in [5.74, 6) is -1.74. The van der Waals surface area contributed by atoms with Crippen molar-refractivity contribution in [1.29, 1.82) is 0 Å². The maximum atomic E-state index is 13.4. The second-order valence-electron chi connectivity index (χ2n) is 3.28. The summed E-state index contributed by atoms with van der Waals surface area (Å²) in [7, 11) is 1.30. The SMILES string of the molecule is CN(CC(=O)O)C(=O)Nc1c(F)cccc1Br. The first-order valence-corrected chi connectivity index (χ1v) is 5.39. The number of urea groups is 1. The van der Waals surface area contributed by atoms with Crippen molar-refractivity contribution < 1.29 is 19.1 Å². The fourth-order valence-corrected chi connectivity index (χ4v) is 1.54. The Kier molecular flexibility index (Phi) is 4.45. The van der Waals surface area contributed by atoms with Gasteiger partial charge in [0.2, 0.25) is 0 Å². The number of rotatable bonds is 3. The summed E-state index contributed by atoms with van der Waals surface area (Å²) in [6, 6.07) is 3.54. The molecule has 0 aromatic heterocycles. The van der Waals surface area contributed by atoms with Gasteiger partial charge in [-0.15, -0.1) is 0 Å². The second kappa shape index (κ2) is 5.62. The molecule has 1 aromatic carbocycles. The molecule has 92 valence electrons. The third-order valence-electron chi connectivity index (χ3n) is 1.91. The molecule has 0 atom stereocenters. The summed E-state index contributed by atoms with van der Waals surface area (Å²) >= 11 is 3.09. The first-order chi connectivity index (χ1) is 7.91. The molecular weight excluding hydrogens is 295 g/mol. The number of carboxylic acids is 1. The molecular formula is C10H10BrFN2O3. The zero-order valence-electron chi connectivity index (χ0n) is 8.91. The zero-order valence-corrected chi connectivity index (χ0v) is 10.5. The van der Waals surface area contributed by atoms with Gasteiger partial charge in [0.05, 0.1) is 5.69 Å². The molecule has 0 aliphatic rings. The Morgan fingerprint density at radius 3 is 2.71 bits per heavy atom. The van der Waals surface area contributed by atoms with E-state index in [1.54, 1.807) is 6.07 Å². The van der Waals surface area contributed by atoms with Gasteiger partial charge >= 0.3 is 12.0 Å². The highest BCUT2D eigenvalue weighted by Crippen LogP contribution is 2.25. The lowest BCUT2D eigenvalue weighted by Crippen LogP contribution is -2.35. The van der Waals surface area contributed by atoms with Crippen LogP contribution in [0.15, 0.2) is 22.7 Å². The van der Waals surface area contributed by atoms with E-state index in [1.807, 2.05) is 0 Å². The number of nitrogens with one attached hydrogen (secondary N) is 1. The van der Waals surface area contributed by atoms with Crippen molar-refractivity contribution in [2.75, 3.05) is 18.9 Å². The molecule has 2 amide bonds. The van der Waals surface area contributed by atoms with Gasteiger partial charge in [-0.25, -0.2) is 9.18 Å². The van der Waals surface area contributed by atoms with Crippen LogP contribution in [0.1, 0.15) is 0 Å². The molecule has 0 unspecified atom stereocenters. The standard InChI is InChI=1S/C10H10BrFN2O3/c1-14(5-8(15)16)10(17)13-9-6(11)3-2-4-7(9)12/h2-4H,5H2,1H3,(H,13,17)(H,15,16). The molecule has 0 aliphatic heterocycles. The van der Waals surface area contributed by atoms with Crippen molar-refractivity contribution in [2.24, 2.45) is 0 Å². The average molecular weight is 305 g/mol. The van der Waals surface area contributed by atoms with Crippen molar-refractivity contribution in [3.05, 3.63) is 28.5 Å². The molecule has 0 fully saturated rings. The van der Waals surface area contributed by atoms with Gasteiger partial charge in [0, 0.05) is 11.5 Å². The lowest BCUT2D eigenvalue weighted by atomic mass is 10.3. The van der Waals surface area contributed by atoms with E-state index in [-0.39, 0.29) is 5.69 Å². The Morgan fingerprint density at radius 1 is 1.53 bits per heavy atom. The molecule has 7 heteroatoms. The predicted molar refractivity (Wildman–Crippen MR) is 63.4 cm³/mol. The lowest BCUT2D eigenvalue weighted by Gasteiger charge is -2.16. The molecule has 1 aromatic rings. The minimum Gasteiger partial charge on any atom is -0.480 e. The van der Waals surface area contributed by atoms with E-state index in [1.165, 1.54) is 19.2 Å². The van der Waals surface area contributed by atoms with Crippen LogP contribution in [0.4, 0.5) is 14.9 Å². The maximum absolute atomic E-state index is 13.4. The number of likely N-dealkylation sites (N-methyl/N-ethyl adjacent to an activating group) is 1. The molecule has 0 spiro atoms. The van der Waals surface area contributed by atoms with Crippen molar-refractivity contribution in [3.63, 3.8) is 0 Å².